The number of nitrogens with zero attached hydrogens (tertiary/aromatic N) is 1. The van der Waals surface area contributed by atoms with Crippen molar-refractivity contribution in [2.75, 3.05) is 12.8 Å². The van der Waals surface area contributed by atoms with Crippen LogP contribution in [0.4, 0.5) is 5.69 Å². The zero-order valence-electron chi connectivity index (χ0n) is 6.74. The highest BCUT2D eigenvalue weighted by atomic mass is 35.5. The van der Waals surface area contributed by atoms with E-state index in [0.29, 0.717) is 0 Å². The predicted molar refractivity (Wildman–Crippen MR) is 47.2 cm³/mol. The van der Waals surface area contributed by atoms with Crippen LogP contribution in [-0.4, -0.2) is 23.2 Å². The van der Waals surface area contributed by atoms with Crippen LogP contribution in [0.1, 0.15) is 10.5 Å². The lowest BCUT2D eigenvalue weighted by atomic mass is 10.3. The number of carboxylic acid groups (broad SMARTS) is 1. The Morgan fingerprint density at radius 1 is 1.77 bits per heavy atom. The third-order valence-electron chi connectivity index (χ3n) is 1.38. The van der Waals surface area contributed by atoms with E-state index in [1.807, 2.05) is 0 Å². The van der Waals surface area contributed by atoms with E-state index in [2.05, 4.69) is 4.98 Å². The SMILES string of the molecule is COc1c(N)cc(Cl)nc1C(=O)O. The van der Waals surface area contributed by atoms with Crippen LogP contribution in [0.15, 0.2) is 6.07 Å². The standard InChI is InChI=1S/C7H7ClN2O3/c1-13-6-3(9)2-4(8)10-5(6)7(11)12/h2H,1H3,(H2,9,10)(H,11,12). The Bertz CT molecular complexity index is 354. The van der Waals surface area contributed by atoms with Gasteiger partial charge in [-0.05, 0) is 0 Å². The van der Waals surface area contributed by atoms with Gasteiger partial charge in [0, 0.05) is 6.07 Å². The number of rotatable bonds is 2. The van der Waals surface area contributed by atoms with Crippen molar-refractivity contribution in [3.05, 3.63) is 16.9 Å². The van der Waals surface area contributed by atoms with Crippen LogP contribution >= 0.6 is 11.6 Å². The number of hydrogen-bond acceptors (Lipinski definition) is 4. The van der Waals surface area contributed by atoms with Gasteiger partial charge in [0.1, 0.15) is 5.15 Å². The van der Waals surface area contributed by atoms with E-state index in [0.717, 1.165) is 0 Å². The molecule has 1 aromatic heterocycles. The molecular weight excluding hydrogens is 196 g/mol. The lowest BCUT2D eigenvalue weighted by Crippen LogP contribution is -2.06. The topological polar surface area (TPSA) is 85.4 Å². The average molecular weight is 203 g/mol. The molecular formula is C7H7ClN2O3. The Morgan fingerprint density at radius 3 is 2.85 bits per heavy atom. The second-order valence-electron chi connectivity index (χ2n) is 2.22. The number of halogens is 1. The number of aromatic carboxylic acids is 1. The number of ether oxygens (including phenoxy) is 1. The number of hydrogen-bond donors (Lipinski definition) is 2. The predicted octanol–water partition coefficient (Wildman–Crippen LogP) is 1.02. The molecule has 0 fully saturated rings. The summed E-state index contributed by atoms with van der Waals surface area (Å²) in [7, 11) is 1.31. The van der Waals surface area contributed by atoms with Crippen molar-refractivity contribution in [1.29, 1.82) is 0 Å². The summed E-state index contributed by atoms with van der Waals surface area (Å²) in [5.74, 6) is -1.21. The third-order valence-corrected chi connectivity index (χ3v) is 1.57. The van der Waals surface area contributed by atoms with Crippen molar-refractivity contribution < 1.29 is 14.6 Å². The van der Waals surface area contributed by atoms with Gasteiger partial charge in [-0.25, -0.2) is 9.78 Å². The van der Waals surface area contributed by atoms with Gasteiger partial charge in [0.05, 0.1) is 12.8 Å². The molecule has 0 unspecified atom stereocenters. The van der Waals surface area contributed by atoms with Crippen molar-refractivity contribution in [3.63, 3.8) is 0 Å². The maximum Gasteiger partial charge on any atom is 0.358 e. The number of aromatic nitrogens is 1. The molecule has 1 aromatic rings. The second-order valence-corrected chi connectivity index (χ2v) is 2.61. The first kappa shape index (κ1) is 9.60. The fourth-order valence-electron chi connectivity index (χ4n) is 0.880. The summed E-state index contributed by atoms with van der Waals surface area (Å²) in [6, 6.07) is 1.33. The van der Waals surface area contributed by atoms with Crippen LogP contribution in [0, 0.1) is 0 Å². The van der Waals surface area contributed by atoms with Crippen molar-refractivity contribution >= 4 is 23.3 Å². The number of nitrogen functional groups attached to an aromatic ring is 1. The van der Waals surface area contributed by atoms with Gasteiger partial charge in [-0.1, -0.05) is 11.6 Å². The average Bonchev–Trinajstić information content (AvgIpc) is 2.02. The molecule has 0 aromatic carbocycles. The molecule has 1 rings (SSSR count). The third kappa shape index (κ3) is 1.81. The van der Waals surface area contributed by atoms with Gasteiger partial charge in [-0.2, -0.15) is 0 Å². The molecule has 5 nitrogen and oxygen atoms in total. The number of methoxy groups -OCH3 is 1. The molecule has 0 aliphatic carbocycles. The minimum atomic E-state index is -1.23. The molecule has 6 heteroatoms. The van der Waals surface area contributed by atoms with Gasteiger partial charge in [0.25, 0.3) is 0 Å². The summed E-state index contributed by atoms with van der Waals surface area (Å²) >= 11 is 5.51. The van der Waals surface area contributed by atoms with Gasteiger partial charge in [-0.15, -0.1) is 0 Å². The van der Waals surface area contributed by atoms with Crippen LogP contribution < -0.4 is 10.5 Å². The Balaban J connectivity index is 3.38. The first-order valence-electron chi connectivity index (χ1n) is 3.29. The van der Waals surface area contributed by atoms with E-state index in [9.17, 15) is 4.79 Å². The lowest BCUT2D eigenvalue weighted by Gasteiger charge is -2.06. The smallest absolute Gasteiger partial charge is 0.358 e. The van der Waals surface area contributed by atoms with Gasteiger partial charge in [-0.3, -0.25) is 0 Å². The van der Waals surface area contributed by atoms with Crippen molar-refractivity contribution in [3.8, 4) is 5.75 Å². The molecule has 0 bridgehead atoms. The molecule has 0 aliphatic rings. The van der Waals surface area contributed by atoms with E-state index in [1.54, 1.807) is 0 Å². The van der Waals surface area contributed by atoms with Crippen LogP contribution in [0.25, 0.3) is 0 Å². The van der Waals surface area contributed by atoms with Gasteiger partial charge in [0.15, 0.2) is 11.4 Å². The summed E-state index contributed by atoms with van der Waals surface area (Å²) in [5.41, 5.74) is 5.33. The molecule has 70 valence electrons. The largest absolute Gasteiger partial charge is 0.492 e. The summed E-state index contributed by atoms with van der Waals surface area (Å²) in [6.45, 7) is 0. The fraction of sp³-hybridized carbons (Fsp3) is 0.143. The molecule has 0 saturated carbocycles. The number of nitrogens with two attached hydrogens (primary N) is 1. The van der Waals surface area contributed by atoms with Crippen LogP contribution in [0.2, 0.25) is 5.15 Å². The van der Waals surface area contributed by atoms with E-state index in [1.165, 1.54) is 13.2 Å². The van der Waals surface area contributed by atoms with Crippen LogP contribution in [-0.2, 0) is 0 Å². The quantitative estimate of drug-likeness (QED) is 0.700. The van der Waals surface area contributed by atoms with E-state index >= 15 is 0 Å². The fourth-order valence-corrected chi connectivity index (χ4v) is 1.08. The number of carboxylic acids is 1. The van der Waals surface area contributed by atoms with Crippen molar-refractivity contribution in [2.24, 2.45) is 0 Å². The lowest BCUT2D eigenvalue weighted by molar-refractivity contribution is 0.0686. The van der Waals surface area contributed by atoms with Crippen LogP contribution in [0.5, 0.6) is 5.75 Å². The monoisotopic (exact) mass is 202 g/mol. The van der Waals surface area contributed by atoms with Gasteiger partial charge < -0.3 is 15.6 Å². The molecule has 0 amide bonds. The summed E-state index contributed by atoms with van der Waals surface area (Å²) < 4.78 is 4.77. The molecule has 0 atom stereocenters. The maximum atomic E-state index is 10.6. The first-order valence-corrected chi connectivity index (χ1v) is 3.67. The molecule has 1 heterocycles. The zero-order chi connectivity index (χ0) is 10.0. The second kappa shape index (κ2) is 3.49. The Morgan fingerprint density at radius 2 is 2.38 bits per heavy atom. The van der Waals surface area contributed by atoms with Crippen molar-refractivity contribution in [2.45, 2.75) is 0 Å². The van der Waals surface area contributed by atoms with Gasteiger partial charge >= 0.3 is 5.97 Å². The summed E-state index contributed by atoms with van der Waals surface area (Å²) in [6.07, 6.45) is 0. The van der Waals surface area contributed by atoms with Crippen molar-refractivity contribution in [1.82, 2.24) is 4.98 Å². The number of anilines is 1. The minimum Gasteiger partial charge on any atom is -0.492 e. The number of pyridine rings is 1. The molecule has 13 heavy (non-hydrogen) atoms. The first-order chi connectivity index (χ1) is 6.06. The Kier molecular flexibility index (Phi) is 2.57. The molecule has 3 N–H and O–H groups in total. The molecule has 0 radical (unpaired) electrons. The highest BCUT2D eigenvalue weighted by molar-refractivity contribution is 6.30. The number of carbonyl (C=O) groups is 1. The zero-order valence-corrected chi connectivity index (χ0v) is 7.50. The molecule has 0 saturated heterocycles. The van der Waals surface area contributed by atoms with E-state index in [4.69, 9.17) is 27.2 Å². The highest BCUT2D eigenvalue weighted by Gasteiger charge is 2.16. The minimum absolute atomic E-state index is 0.0238. The summed E-state index contributed by atoms with van der Waals surface area (Å²) in [4.78, 5) is 14.2. The van der Waals surface area contributed by atoms with E-state index < -0.39 is 5.97 Å². The molecule has 0 spiro atoms. The van der Waals surface area contributed by atoms with Gasteiger partial charge in [0.2, 0.25) is 0 Å². The van der Waals surface area contributed by atoms with Crippen LogP contribution in [0.3, 0.4) is 0 Å². The van der Waals surface area contributed by atoms with E-state index in [-0.39, 0.29) is 22.3 Å². The molecule has 0 aliphatic heterocycles. The highest BCUT2D eigenvalue weighted by Crippen LogP contribution is 2.27. The normalized spacial score (nSPS) is 9.69. The summed E-state index contributed by atoms with van der Waals surface area (Å²) in [5, 5.41) is 8.71. The Labute approximate surface area is 79.1 Å². The Hall–Kier alpha value is -1.49. The maximum absolute atomic E-state index is 10.6.